The van der Waals surface area contributed by atoms with Gasteiger partial charge in [0.2, 0.25) is 5.91 Å². The average Bonchev–Trinajstić information content (AvgIpc) is 2.61. The topological polar surface area (TPSA) is 50.4 Å². The third-order valence-electron chi connectivity index (χ3n) is 2.92. The number of hydrogen-bond donors (Lipinski definition) is 2. The lowest BCUT2D eigenvalue weighted by Gasteiger charge is -2.09. The second kappa shape index (κ2) is 10.5. The summed E-state index contributed by atoms with van der Waals surface area (Å²) in [6.45, 7) is 1.05. The highest BCUT2D eigenvalue weighted by Gasteiger charge is 2.07. The molecule has 0 aromatic heterocycles. The second-order valence-electron chi connectivity index (χ2n) is 4.84. The number of amides is 1. The standard InChI is InChI=1S/C17H16Cl2N2O2S2/c18-14-7-6-12(10-15(14)19)21-16(22)11-25-17(24)20-8-9-23-13-4-2-1-3-5-13/h1-7,10H,8-9,11H2,(H,20,24)(H,21,22). The zero-order chi connectivity index (χ0) is 18.1. The first-order chi connectivity index (χ1) is 12.0. The van der Waals surface area contributed by atoms with Crippen LogP contribution in [-0.2, 0) is 4.79 Å². The van der Waals surface area contributed by atoms with Crippen LogP contribution in [0.1, 0.15) is 0 Å². The molecule has 2 aromatic carbocycles. The predicted molar refractivity (Wildman–Crippen MR) is 110 cm³/mol. The van der Waals surface area contributed by atoms with Gasteiger partial charge in [-0.25, -0.2) is 0 Å². The van der Waals surface area contributed by atoms with E-state index >= 15 is 0 Å². The summed E-state index contributed by atoms with van der Waals surface area (Å²) >= 11 is 18.2. The van der Waals surface area contributed by atoms with Gasteiger partial charge in [0.1, 0.15) is 16.7 Å². The maximum Gasteiger partial charge on any atom is 0.234 e. The first-order valence-corrected chi connectivity index (χ1v) is 9.53. The number of benzene rings is 2. The number of thiocarbonyl (C=S) groups is 1. The second-order valence-corrected chi connectivity index (χ2v) is 7.31. The zero-order valence-electron chi connectivity index (χ0n) is 13.1. The van der Waals surface area contributed by atoms with Crippen molar-refractivity contribution in [3.63, 3.8) is 0 Å². The van der Waals surface area contributed by atoms with E-state index in [1.807, 2.05) is 30.3 Å². The Morgan fingerprint density at radius 2 is 1.88 bits per heavy atom. The Hall–Kier alpha value is -1.47. The van der Waals surface area contributed by atoms with Crippen molar-refractivity contribution in [2.24, 2.45) is 0 Å². The highest BCUT2D eigenvalue weighted by molar-refractivity contribution is 8.23. The van der Waals surface area contributed by atoms with E-state index in [1.165, 1.54) is 11.8 Å². The lowest BCUT2D eigenvalue weighted by atomic mass is 10.3. The number of thioether (sulfide) groups is 1. The monoisotopic (exact) mass is 414 g/mol. The summed E-state index contributed by atoms with van der Waals surface area (Å²) in [5, 5.41) is 6.61. The number of rotatable bonds is 7. The van der Waals surface area contributed by atoms with Crippen LogP contribution in [0.25, 0.3) is 0 Å². The van der Waals surface area contributed by atoms with Crippen molar-refractivity contribution in [3.05, 3.63) is 58.6 Å². The van der Waals surface area contributed by atoms with Crippen LogP contribution in [0.5, 0.6) is 5.75 Å². The van der Waals surface area contributed by atoms with Crippen molar-refractivity contribution in [2.45, 2.75) is 0 Å². The number of carbonyl (C=O) groups excluding carboxylic acids is 1. The maximum atomic E-state index is 11.9. The Morgan fingerprint density at radius 1 is 1.12 bits per heavy atom. The molecule has 132 valence electrons. The fourth-order valence-electron chi connectivity index (χ4n) is 1.79. The maximum absolute atomic E-state index is 11.9. The number of ether oxygens (including phenoxy) is 1. The molecule has 25 heavy (non-hydrogen) atoms. The molecular weight excluding hydrogens is 399 g/mol. The molecule has 1 amide bonds. The van der Waals surface area contributed by atoms with Crippen molar-refractivity contribution >= 4 is 63.1 Å². The van der Waals surface area contributed by atoms with Gasteiger partial charge < -0.3 is 15.4 Å². The minimum absolute atomic E-state index is 0.173. The minimum atomic E-state index is -0.173. The van der Waals surface area contributed by atoms with Crippen LogP contribution in [-0.4, -0.2) is 29.1 Å². The number of para-hydroxylation sites is 1. The quantitative estimate of drug-likeness (QED) is 0.511. The molecule has 0 radical (unpaired) electrons. The molecule has 2 N–H and O–H groups in total. The molecule has 0 aliphatic rings. The van der Waals surface area contributed by atoms with Crippen LogP contribution < -0.4 is 15.4 Å². The number of nitrogens with one attached hydrogen (secondary N) is 2. The number of carbonyl (C=O) groups is 1. The Bertz CT molecular complexity index is 730. The number of halogens is 2. The molecule has 0 saturated heterocycles. The zero-order valence-corrected chi connectivity index (χ0v) is 16.3. The molecule has 0 fully saturated rings. The van der Waals surface area contributed by atoms with Gasteiger partial charge >= 0.3 is 0 Å². The van der Waals surface area contributed by atoms with Crippen LogP contribution in [0.2, 0.25) is 10.0 Å². The van der Waals surface area contributed by atoms with Crippen molar-refractivity contribution in [1.82, 2.24) is 5.32 Å². The van der Waals surface area contributed by atoms with Gasteiger partial charge in [0.15, 0.2) is 0 Å². The summed E-state index contributed by atoms with van der Waals surface area (Å²) in [6, 6.07) is 14.5. The highest BCUT2D eigenvalue weighted by atomic mass is 35.5. The van der Waals surface area contributed by atoms with Gasteiger partial charge in [-0.1, -0.05) is 65.4 Å². The molecule has 2 aromatic rings. The van der Waals surface area contributed by atoms with Crippen LogP contribution >= 0.6 is 47.2 Å². The Morgan fingerprint density at radius 3 is 2.60 bits per heavy atom. The summed E-state index contributed by atoms with van der Waals surface area (Å²) in [5.41, 5.74) is 0.593. The van der Waals surface area contributed by atoms with Gasteiger partial charge in [-0.05, 0) is 30.3 Å². The van der Waals surface area contributed by atoms with Gasteiger partial charge in [-0.2, -0.15) is 0 Å². The molecule has 0 atom stereocenters. The first kappa shape index (κ1) is 19.8. The van der Waals surface area contributed by atoms with E-state index in [9.17, 15) is 4.79 Å². The molecule has 0 heterocycles. The molecule has 0 bridgehead atoms. The average molecular weight is 415 g/mol. The smallest absolute Gasteiger partial charge is 0.234 e. The lowest BCUT2D eigenvalue weighted by molar-refractivity contribution is -0.113. The van der Waals surface area contributed by atoms with Crippen molar-refractivity contribution in [1.29, 1.82) is 0 Å². The first-order valence-electron chi connectivity index (χ1n) is 7.38. The molecule has 8 heteroatoms. The molecule has 0 aliphatic carbocycles. The minimum Gasteiger partial charge on any atom is -0.492 e. The van der Waals surface area contributed by atoms with E-state index < -0.39 is 0 Å². The lowest BCUT2D eigenvalue weighted by Crippen LogP contribution is -2.26. The molecule has 4 nitrogen and oxygen atoms in total. The fourth-order valence-corrected chi connectivity index (χ4v) is 2.91. The Kier molecular flexibility index (Phi) is 8.34. The van der Waals surface area contributed by atoms with Gasteiger partial charge in [0.25, 0.3) is 0 Å². The van der Waals surface area contributed by atoms with Gasteiger partial charge in [-0.3, -0.25) is 4.79 Å². The number of anilines is 1. The van der Waals surface area contributed by atoms with E-state index in [2.05, 4.69) is 10.6 Å². The summed E-state index contributed by atoms with van der Waals surface area (Å²) in [7, 11) is 0. The molecule has 0 aliphatic heterocycles. The largest absolute Gasteiger partial charge is 0.492 e. The van der Waals surface area contributed by atoms with Gasteiger partial charge in [0.05, 0.1) is 22.3 Å². The van der Waals surface area contributed by atoms with E-state index in [4.69, 9.17) is 40.2 Å². The summed E-state index contributed by atoms with van der Waals surface area (Å²) < 4.78 is 6.09. The Labute approximate surface area is 166 Å². The van der Waals surface area contributed by atoms with Crippen molar-refractivity contribution in [3.8, 4) is 5.75 Å². The van der Waals surface area contributed by atoms with Crippen LogP contribution in [0.4, 0.5) is 5.69 Å². The van der Waals surface area contributed by atoms with Gasteiger partial charge in [0, 0.05) is 5.69 Å². The number of hydrogen-bond acceptors (Lipinski definition) is 4. The highest BCUT2D eigenvalue weighted by Crippen LogP contribution is 2.25. The predicted octanol–water partition coefficient (Wildman–Crippen LogP) is 4.62. The van der Waals surface area contributed by atoms with E-state index in [-0.39, 0.29) is 11.7 Å². The van der Waals surface area contributed by atoms with Gasteiger partial charge in [-0.15, -0.1) is 0 Å². The summed E-state index contributed by atoms with van der Waals surface area (Å²) in [4.78, 5) is 11.9. The molecule has 0 saturated carbocycles. The third-order valence-corrected chi connectivity index (χ3v) is 4.97. The van der Waals surface area contributed by atoms with Crippen LogP contribution in [0.15, 0.2) is 48.5 Å². The summed E-state index contributed by atoms with van der Waals surface area (Å²) in [5.74, 6) is 0.836. The van der Waals surface area contributed by atoms with Crippen molar-refractivity contribution < 1.29 is 9.53 Å². The molecular formula is C17H16Cl2N2O2S2. The third kappa shape index (κ3) is 7.52. The normalized spacial score (nSPS) is 10.2. The summed E-state index contributed by atoms with van der Waals surface area (Å²) in [6.07, 6.45) is 0. The Balaban J connectivity index is 1.62. The van der Waals surface area contributed by atoms with Crippen LogP contribution in [0, 0.1) is 0 Å². The van der Waals surface area contributed by atoms with E-state index in [0.29, 0.717) is 33.2 Å². The molecule has 0 unspecified atom stereocenters. The SMILES string of the molecule is O=C(CSC(=S)NCCOc1ccccc1)Nc1ccc(Cl)c(Cl)c1. The molecule has 0 spiro atoms. The van der Waals surface area contributed by atoms with E-state index in [1.54, 1.807) is 18.2 Å². The fraction of sp³-hybridized carbons (Fsp3) is 0.176. The molecule has 2 rings (SSSR count). The van der Waals surface area contributed by atoms with E-state index in [0.717, 1.165) is 5.75 Å². The van der Waals surface area contributed by atoms with Crippen LogP contribution in [0.3, 0.4) is 0 Å². The van der Waals surface area contributed by atoms with Crippen molar-refractivity contribution in [2.75, 3.05) is 24.2 Å².